The van der Waals surface area contributed by atoms with Crippen molar-refractivity contribution in [2.45, 2.75) is 46.2 Å². The van der Waals surface area contributed by atoms with E-state index in [2.05, 4.69) is 54.5 Å². The van der Waals surface area contributed by atoms with Gasteiger partial charge in [-0.05, 0) is 87.7 Å². The van der Waals surface area contributed by atoms with Gasteiger partial charge < -0.3 is 4.57 Å². The Kier molecular flexibility index (Phi) is 6.15. The molecule has 1 aliphatic heterocycles. The SMILES string of the molecule is Cc1cc2nc(C(C)N3CCCC3)n(Cc3ccc(Cl)cc3)c2cc1C.Cl. The van der Waals surface area contributed by atoms with E-state index in [0.717, 1.165) is 17.1 Å². The first-order chi connectivity index (χ1) is 12.5. The standard InChI is InChI=1S/C22H26ClN3.ClH/c1-15-12-20-21(13-16(15)2)26(14-18-6-8-19(23)9-7-18)22(24-20)17(3)25-10-4-5-11-25;/h6-9,12-13,17H,4-5,10-11,14H2,1-3H3;1H. The quantitative estimate of drug-likeness (QED) is 0.537. The highest BCUT2D eigenvalue weighted by Crippen LogP contribution is 2.29. The van der Waals surface area contributed by atoms with Crippen LogP contribution in [0.2, 0.25) is 5.02 Å². The van der Waals surface area contributed by atoms with E-state index in [9.17, 15) is 0 Å². The lowest BCUT2D eigenvalue weighted by Crippen LogP contribution is -2.26. The van der Waals surface area contributed by atoms with Crippen molar-refractivity contribution in [3.63, 3.8) is 0 Å². The molecule has 3 nitrogen and oxygen atoms in total. The van der Waals surface area contributed by atoms with Gasteiger partial charge in [0.15, 0.2) is 0 Å². The van der Waals surface area contributed by atoms with Crippen molar-refractivity contribution >= 4 is 35.0 Å². The predicted octanol–water partition coefficient (Wildman–Crippen LogP) is 5.93. The van der Waals surface area contributed by atoms with Gasteiger partial charge >= 0.3 is 0 Å². The molecule has 0 N–H and O–H groups in total. The first kappa shape index (κ1) is 20.2. The zero-order chi connectivity index (χ0) is 18.3. The highest BCUT2D eigenvalue weighted by Gasteiger charge is 2.25. The molecule has 0 aliphatic carbocycles. The third kappa shape index (κ3) is 4.01. The Morgan fingerprint density at radius 1 is 1.04 bits per heavy atom. The van der Waals surface area contributed by atoms with Crippen LogP contribution >= 0.6 is 24.0 Å². The molecule has 1 atom stereocenters. The average Bonchev–Trinajstić information content (AvgIpc) is 3.26. The molecule has 2 aromatic carbocycles. The number of halogens is 2. The molecule has 3 aromatic rings. The third-order valence-corrected chi connectivity index (χ3v) is 5.96. The van der Waals surface area contributed by atoms with Crippen LogP contribution in [0.25, 0.3) is 11.0 Å². The molecule has 4 rings (SSSR count). The first-order valence-electron chi connectivity index (χ1n) is 9.49. The van der Waals surface area contributed by atoms with E-state index in [4.69, 9.17) is 16.6 Å². The average molecular weight is 404 g/mol. The Hall–Kier alpha value is -1.55. The van der Waals surface area contributed by atoms with E-state index in [0.29, 0.717) is 6.04 Å². The van der Waals surface area contributed by atoms with E-state index in [1.807, 2.05) is 12.1 Å². The van der Waals surface area contributed by atoms with Gasteiger partial charge in [0.2, 0.25) is 0 Å². The normalized spacial score (nSPS) is 15.9. The lowest BCUT2D eigenvalue weighted by Gasteiger charge is -2.24. The molecule has 27 heavy (non-hydrogen) atoms. The van der Waals surface area contributed by atoms with Crippen molar-refractivity contribution in [1.82, 2.24) is 14.5 Å². The van der Waals surface area contributed by atoms with Crippen LogP contribution < -0.4 is 0 Å². The number of likely N-dealkylation sites (tertiary alicyclic amines) is 1. The highest BCUT2D eigenvalue weighted by molar-refractivity contribution is 6.30. The molecule has 0 bridgehead atoms. The van der Waals surface area contributed by atoms with E-state index in [1.54, 1.807) is 0 Å². The molecule has 1 unspecified atom stereocenters. The van der Waals surface area contributed by atoms with Gasteiger partial charge in [-0.1, -0.05) is 23.7 Å². The number of aryl methyl sites for hydroxylation is 2. The lowest BCUT2D eigenvalue weighted by atomic mass is 10.1. The summed E-state index contributed by atoms with van der Waals surface area (Å²) >= 11 is 6.07. The van der Waals surface area contributed by atoms with Crippen LogP contribution in [0.4, 0.5) is 0 Å². The summed E-state index contributed by atoms with van der Waals surface area (Å²) in [5, 5.41) is 0.779. The molecular weight excluding hydrogens is 377 g/mol. The number of rotatable bonds is 4. The van der Waals surface area contributed by atoms with Gasteiger partial charge in [-0.15, -0.1) is 12.4 Å². The van der Waals surface area contributed by atoms with Gasteiger partial charge in [0.05, 0.1) is 17.1 Å². The molecule has 1 saturated heterocycles. The smallest absolute Gasteiger partial charge is 0.127 e. The minimum atomic E-state index is 0. The van der Waals surface area contributed by atoms with E-state index in [1.165, 1.54) is 54.0 Å². The molecule has 144 valence electrons. The van der Waals surface area contributed by atoms with Crippen LogP contribution in [-0.2, 0) is 6.54 Å². The largest absolute Gasteiger partial charge is 0.322 e. The second-order valence-electron chi connectivity index (χ2n) is 7.53. The summed E-state index contributed by atoms with van der Waals surface area (Å²) in [6, 6.07) is 13.0. The number of hydrogen-bond donors (Lipinski definition) is 0. The van der Waals surface area contributed by atoms with Crippen LogP contribution in [0.15, 0.2) is 36.4 Å². The van der Waals surface area contributed by atoms with Crippen molar-refractivity contribution in [3.8, 4) is 0 Å². The maximum Gasteiger partial charge on any atom is 0.127 e. The maximum absolute atomic E-state index is 6.07. The zero-order valence-corrected chi connectivity index (χ0v) is 17.8. The summed E-state index contributed by atoms with van der Waals surface area (Å²) in [4.78, 5) is 7.62. The monoisotopic (exact) mass is 403 g/mol. The Bertz CT molecular complexity index is 925. The molecule has 2 heterocycles. The minimum Gasteiger partial charge on any atom is -0.322 e. The molecule has 5 heteroatoms. The fourth-order valence-electron chi connectivity index (χ4n) is 3.95. The van der Waals surface area contributed by atoms with Crippen LogP contribution in [-0.4, -0.2) is 27.5 Å². The fraction of sp³-hybridized carbons (Fsp3) is 0.409. The van der Waals surface area contributed by atoms with Crippen LogP contribution in [0.3, 0.4) is 0 Å². The van der Waals surface area contributed by atoms with E-state index in [-0.39, 0.29) is 12.4 Å². The second kappa shape index (κ2) is 8.22. The number of imidazole rings is 1. The number of nitrogens with zero attached hydrogens (tertiary/aromatic N) is 3. The maximum atomic E-state index is 6.07. The highest BCUT2D eigenvalue weighted by atomic mass is 35.5. The van der Waals surface area contributed by atoms with Crippen molar-refractivity contribution < 1.29 is 0 Å². The second-order valence-corrected chi connectivity index (χ2v) is 7.96. The fourth-order valence-corrected chi connectivity index (χ4v) is 4.07. The summed E-state index contributed by atoms with van der Waals surface area (Å²) in [7, 11) is 0. The summed E-state index contributed by atoms with van der Waals surface area (Å²) in [5.74, 6) is 1.17. The van der Waals surface area contributed by atoms with Gasteiger partial charge in [-0.2, -0.15) is 0 Å². The van der Waals surface area contributed by atoms with Crippen LogP contribution in [0, 0.1) is 13.8 Å². The van der Waals surface area contributed by atoms with E-state index >= 15 is 0 Å². The van der Waals surface area contributed by atoms with Crippen molar-refractivity contribution in [2.24, 2.45) is 0 Å². The lowest BCUT2D eigenvalue weighted by molar-refractivity contribution is 0.249. The predicted molar refractivity (Wildman–Crippen MR) is 116 cm³/mol. The summed E-state index contributed by atoms with van der Waals surface area (Å²) < 4.78 is 2.40. The molecule has 1 aromatic heterocycles. The molecule has 0 spiro atoms. The molecule has 1 fully saturated rings. The number of aromatic nitrogens is 2. The molecule has 0 saturated carbocycles. The van der Waals surface area contributed by atoms with Gasteiger partial charge in [-0.3, -0.25) is 4.90 Å². The van der Waals surface area contributed by atoms with Crippen molar-refractivity contribution in [1.29, 1.82) is 0 Å². The third-order valence-electron chi connectivity index (χ3n) is 5.71. The first-order valence-corrected chi connectivity index (χ1v) is 9.86. The minimum absolute atomic E-state index is 0. The molecule has 1 aliphatic rings. The Balaban J connectivity index is 0.00000210. The van der Waals surface area contributed by atoms with Crippen LogP contribution in [0.1, 0.15) is 48.3 Å². The number of benzene rings is 2. The Morgan fingerprint density at radius 3 is 2.33 bits per heavy atom. The molecule has 0 radical (unpaired) electrons. The number of hydrogen-bond acceptors (Lipinski definition) is 2. The zero-order valence-electron chi connectivity index (χ0n) is 16.2. The van der Waals surface area contributed by atoms with E-state index < -0.39 is 0 Å². The summed E-state index contributed by atoms with van der Waals surface area (Å²) in [5.41, 5.74) is 6.19. The van der Waals surface area contributed by atoms with Gasteiger partial charge in [-0.25, -0.2) is 4.98 Å². The van der Waals surface area contributed by atoms with Crippen molar-refractivity contribution in [2.75, 3.05) is 13.1 Å². The molecular formula is C22H27Cl2N3. The summed E-state index contributed by atoms with van der Waals surface area (Å²) in [6.45, 7) is 9.80. The van der Waals surface area contributed by atoms with Crippen LogP contribution in [0.5, 0.6) is 0 Å². The van der Waals surface area contributed by atoms with Crippen molar-refractivity contribution in [3.05, 3.63) is 63.9 Å². The van der Waals surface area contributed by atoms with Gasteiger partial charge in [0.1, 0.15) is 5.82 Å². The number of fused-ring (bicyclic) bond motifs is 1. The Labute approximate surface area is 172 Å². The molecule has 0 amide bonds. The topological polar surface area (TPSA) is 21.1 Å². The summed E-state index contributed by atoms with van der Waals surface area (Å²) in [6.07, 6.45) is 2.58. The van der Waals surface area contributed by atoms with Gasteiger partial charge in [0.25, 0.3) is 0 Å². The van der Waals surface area contributed by atoms with Gasteiger partial charge in [0, 0.05) is 11.6 Å². The Morgan fingerprint density at radius 2 is 1.67 bits per heavy atom.